The summed E-state index contributed by atoms with van der Waals surface area (Å²) in [5, 5.41) is 9.61. The van der Waals surface area contributed by atoms with Crippen LogP contribution in [-0.2, 0) is 0 Å². The predicted octanol–water partition coefficient (Wildman–Crippen LogP) is 3.67. The molecule has 0 amide bonds. The maximum absolute atomic E-state index is 13.9. The van der Waals surface area contributed by atoms with Crippen molar-refractivity contribution in [3.05, 3.63) is 53.3 Å². The van der Waals surface area contributed by atoms with E-state index >= 15 is 0 Å². The van der Waals surface area contributed by atoms with Crippen LogP contribution in [0.25, 0.3) is 22.2 Å². The number of nitrogens with zero attached hydrogens (tertiary/aromatic N) is 1. The van der Waals surface area contributed by atoms with Crippen LogP contribution < -0.4 is 4.74 Å². The first-order valence-corrected chi connectivity index (χ1v) is 6.53. The number of rotatable bonds is 3. The molecule has 108 valence electrons. The lowest BCUT2D eigenvalue weighted by Gasteiger charge is -2.04. The average Bonchev–Trinajstić information content (AvgIpc) is 2.92. The minimum Gasteiger partial charge on any atom is -0.494 e. The molecule has 22 heavy (non-hydrogen) atoms. The van der Waals surface area contributed by atoms with E-state index in [-0.39, 0.29) is 5.75 Å². The summed E-state index contributed by atoms with van der Waals surface area (Å²) in [6.07, 6.45) is 0.706. The van der Waals surface area contributed by atoms with Crippen molar-refractivity contribution in [3.8, 4) is 23.1 Å². The molecule has 0 aliphatic heterocycles. The SMILES string of the molecule is COc1ccc(-c2[nH]c3ccc(C#N)cc3c2C=O)cc1F. The van der Waals surface area contributed by atoms with Crippen LogP contribution >= 0.6 is 0 Å². The summed E-state index contributed by atoms with van der Waals surface area (Å²) >= 11 is 0. The van der Waals surface area contributed by atoms with Crippen molar-refractivity contribution in [2.75, 3.05) is 7.11 Å². The van der Waals surface area contributed by atoms with Gasteiger partial charge < -0.3 is 9.72 Å². The van der Waals surface area contributed by atoms with Crippen LogP contribution in [0.1, 0.15) is 15.9 Å². The molecule has 3 rings (SSSR count). The van der Waals surface area contributed by atoms with E-state index in [2.05, 4.69) is 4.98 Å². The number of aromatic nitrogens is 1. The maximum Gasteiger partial charge on any atom is 0.165 e. The highest BCUT2D eigenvalue weighted by molar-refractivity contribution is 6.04. The Labute approximate surface area is 125 Å². The van der Waals surface area contributed by atoms with Gasteiger partial charge in [0.2, 0.25) is 0 Å². The van der Waals surface area contributed by atoms with E-state index < -0.39 is 5.82 Å². The van der Waals surface area contributed by atoms with Crippen molar-refractivity contribution in [1.29, 1.82) is 5.26 Å². The number of carbonyl (C=O) groups excluding carboxylic acids is 1. The second-order valence-corrected chi connectivity index (χ2v) is 4.75. The zero-order valence-electron chi connectivity index (χ0n) is 11.7. The van der Waals surface area contributed by atoms with Crippen LogP contribution in [0.5, 0.6) is 5.75 Å². The summed E-state index contributed by atoms with van der Waals surface area (Å²) in [7, 11) is 1.39. The van der Waals surface area contributed by atoms with Crippen LogP contribution in [0.3, 0.4) is 0 Å². The van der Waals surface area contributed by atoms with Gasteiger partial charge in [-0.2, -0.15) is 5.26 Å². The molecular weight excluding hydrogens is 283 g/mol. The Balaban J connectivity index is 2.25. The number of hydrogen-bond acceptors (Lipinski definition) is 3. The lowest BCUT2D eigenvalue weighted by atomic mass is 10.0. The van der Waals surface area contributed by atoms with Crippen LogP contribution in [-0.4, -0.2) is 18.4 Å². The van der Waals surface area contributed by atoms with Crippen molar-refractivity contribution in [3.63, 3.8) is 0 Å². The maximum atomic E-state index is 13.9. The van der Waals surface area contributed by atoms with Crippen LogP contribution in [0.2, 0.25) is 0 Å². The van der Waals surface area contributed by atoms with Gasteiger partial charge in [0.15, 0.2) is 17.9 Å². The fourth-order valence-electron chi connectivity index (χ4n) is 2.45. The Kier molecular flexibility index (Phi) is 3.36. The number of ether oxygens (including phenoxy) is 1. The normalized spacial score (nSPS) is 10.4. The third kappa shape index (κ3) is 2.11. The van der Waals surface area contributed by atoms with Gasteiger partial charge in [-0.3, -0.25) is 4.79 Å². The summed E-state index contributed by atoms with van der Waals surface area (Å²) in [6.45, 7) is 0. The Hall–Kier alpha value is -3.13. The molecule has 0 saturated heterocycles. The van der Waals surface area contributed by atoms with Crippen LogP contribution in [0.15, 0.2) is 36.4 Å². The Bertz CT molecular complexity index is 922. The van der Waals surface area contributed by atoms with Crippen molar-refractivity contribution in [1.82, 2.24) is 4.98 Å². The van der Waals surface area contributed by atoms with Crippen molar-refractivity contribution < 1.29 is 13.9 Å². The minimum atomic E-state index is -0.506. The molecule has 3 aromatic rings. The molecule has 0 unspecified atom stereocenters. The van der Waals surface area contributed by atoms with Gasteiger partial charge in [0, 0.05) is 22.0 Å². The molecular formula is C17H11FN2O2. The Morgan fingerprint density at radius 3 is 2.73 bits per heavy atom. The lowest BCUT2D eigenvalue weighted by molar-refractivity contribution is 0.112. The summed E-state index contributed by atoms with van der Waals surface area (Å²) in [5.74, 6) is -0.368. The van der Waals surface area contributed by atoms with Crippen LogP contribution in [0, 0.1) is 17.1 Å². The number of hydrogen-bond donors (Lipinski definition) is 1. The van der Waals surface area contributed by atoms with Crippen molar-refractivity contribution in [2.45, 2.75) is 0 Å². The van der Waals surface area contributed by atoms with Crippen molar-refractivity contribution in [2.24, 2.45) is 0 Å². The summed E-state index contributed by atoms with van der Waals surface area (Å²) in [4.78, 5) is 14.6. The number of halogens is 1. The van der Waals surface area contributed by atoms with Gasteiger partial charge in [-0.25, -0.2) is 4.39 Å². The molecule has 1 aromatic heterocycles. The molecule has 0 aliphatic rings. The number of aromatic amines is 1. The molecule has 0 atom stereocenters. The van der Waals surface area contributed by atoms with E-state index in [1.54, 1.807) is 24.3 Å². The molecule has 0 saturated carbocycles. The fourth-order valence-corrected chi connectivity index (χ4v) is 2.45. The predicted molar refractivity (Wildman–Crippen MR) is 80.3 cm³/mol. The molecule has 1 heterocycles. The standard InChI is InChI=1S/C17H11FN2O2/c1-22-16-5-3-11(7-14(16)18)17-13(9-21)12-6-10(8-19)2-4-15(12)20-17/h2-7,9,20H,1H3. The highest BCUT2D eigenvalue weighted by atomic mass is 19.1. The van der Waals surface area contributed by atoms with Crippen molar-refractivity contribution >= 4 is 17.2 Å². The number of fused-ring (bicyclic) bond motifs is 1. The minimum absolute atomic E-state index is 0.138. The number of nitrogens with one attached hydrogen (secondary N) is 1. The summed E-state index contributed by atoms with van der Waals surface area (Å²) in [6, 6.07) is 11.5. The van der Waals surface area contributed by atoms with Gasteiger partial charge in [-0.05, 0) is 36.4 Å². The highest BCUT2D eigenvalue weighted by Gasteiger charge is 2.15. The second kappa shape index (κ2) is 5.34. The van der Waals surface area contributed by atoms with E-state index in [0.717, 1.165) is 0 Å². The number of benzene rings is 2. The molecule has 0 bridgehead atoms. The van der Waals surface area contributed by atoms with E-state index in [9.17, 15) is 9.18 Å². The molecule has 0 radical (unpaired) electrons. The molecule has 4 nitrogen and oxygen atoms in total. The highest BCUT2D eigenvalue weighted by Crippen LogP contribution is 2.31. The Morgan fingerprint density at radius 2 is 2.09 bits per heavy atom. The quantitative estimate of drug-likeness (QED) is 0.749. The largest absolute Gasteiger partial charge is 0.494 e. The van der Waals surface area contributed by atoms with Gasteiger partial charge in [-0.15, -0.1) is 0 Å². The third-order valence-corrected chi connectivity index (χ3v) is 3.53. The zero-order valence-corrected chi connectivity index (χ0v) is 11.7. The van der Waals surface area contributed by atoms with E-state index in [4.69, 9.17) is 10.00 Å². The number of nitriles is 1. The monoisotopic (exact) mass is 294 g/mol. The molecule has 0 spiro atoms. The molecule has 1 N–H and O–H groups in total. The van der Waals surface area contributed by atoms with Crippen LogP contribution in [0.4, 0.5) is 4.39 Å². The Morgan fingerprint density at radius 1 is 1.27 bits per heavy atom. The first-order chi connectivity index (χ1) is 10.7. The lowest BCUT2D eigenvalue weighted by Crippen LogP contribution is -1.90. The van der Waals surface area contributed by atoms with Gasteiger partial charge in [0.05, 0.1) is 24.4 Å². The second-order valence-electron chi connectivity index (χ2n) is 4.75. The van der Waals surface area contributed by atoms with Gasteiger partial charge in [0.25, 0.3) is 0 Å². The number of carbonyl (C=O) groups is 1. The topological polar surface area (TPSA) is 65.9 Å². The summed E-state index contributed by atoms with van der Waals surface area (Å²) in [5.41, 5.74) is 2.63. The smallest absolute Gasteiger partial charge is 0.165 e. The first kappa shape index (κ1) is 13.8. The average molecular weight is 294 g/mol. The van der Waals surface area contributed by atoms with E-state index in [1.165, 1.54) is 19.2 Å². The number of aldehydes is 1. The summed E-state index contributed by atoms with van der Waals surface area (Å²) < 4.78 is 18.8. The van der Waals surface area contributed by atoms with Gasteiger partial charge in [0.1, 0.15) is 0 Å². The molecule has 0 aliphatic carbocycles. The third-order valence-electron chi connectivity index (χ3n) is 3.53. The molecule has 0 fully saturated rings. The van der Waals surface area contributed by atoms with Gasteiger partial charge in [-0.1, -0.05) is 0 Å². The molecule has 2 aromatic carbocycles. The van der Waals surface area contributed by atoms with E-state index in [0.29, 0.717) is 39.6 Å². The number of methoxy groups -OCH3 is 1. The zero-order chi connectivity index (χ0) is 15.7. The molecule has 5 heteroatoms. The first-order valence-electron chi connectivity index (χ1n) is 6.53. The van der Waals surface area contributed by atoms with E-state index in [1.807, 2.05) is 6.07 Å². The van der Waals surface area contributed by atoms with Gasteiger partial charge >= 0.3 is 0 Å². The fraction of sp³-hybridized carbons (Fsp3) is 0.0588. The number of H-pyrrole nitrogens is 1.